The molecule has 1 N–H and O–H groups in total. The highest BCUT2D eigenvalue weighted by Gasteiger charge is 2.37. The highest BCUT2D eigenvalue weighted by atomic mass is 32.1. The third kappa shape index (κ3) is 2.71. The Bertz CT molecular complexity index is 935. The molecule has 8 heteroatoms. The van der Waals surface area contributed by atoms with E-state index in [2.05, 4.69) is 5.32 Å². The average Bonchev–Trinajstić information content (AvgIpc) is 3.34. The van der Waals surface area contributed by atoms with Crippen molar-refractivity contribution in [1.29, 1.82) is 0 Å². The maximum atomic E-state index is 12.4. The minimum Gasteiger partial charge on any atom is -0.493 e. The Balaban J connectivity index is 1.73. The predicted octanol–water partition coefficient (Wildman–Crippen LogP) is 3.32. The van der Waals surface area contributed by atoms with Crippen LogP contribution in [0.3, 0.4) is 0 Å². The molecule has 0 amide bonds. The van der Waals surface area contributed by atoms with Crippen molar-refractivity contribution in [3.05, 3.63) is 39.3 Å². The largest absolute Gasteiger partial charge is 0.493 e. The number of hydrogen-bond donors (Lipinski definition) is 1. The first-order valence-corrected chi connectivity index (χ1v) is 9.36. The topological polar surface area (TPSA) is 83.1 Å². The fourth-order valence-corrected chi connectivity index (χ4v) is 4.95. The van der Waals surface area contributed by atoms with Gasteiger partial charge in [0.15, 0.2) is 11.5 Å². The fraction of sp³-hybridized carbons (Fsp3) is 0.368. The molecule has 1 aromatic heterocycles. The zero-order chi connectivity index (χ0) is 19.1. The number of nitrogens with one attached hydrogen (secondary N) is 1. The monoisotopic (exact) mass is 389 g/mol. The first-order valence-electron chi connectivity index (χ1n) is 8.54. The molecular weight excluding hydrogens is 370 g/mol. The van der Waals surface area contributed by atoms with Gasteiger partial charge in [0, 0.05) is 10.4 Å². The third-order valence-corrected chi connectivity index (χ3v) is 6.09. The number of carbonyl (C=O) groups is 2. The molecule has 1 aromatic carbocycles. The molecule has 0 saturated carbocycles. The lowest BCUT2D eigenvalue weighted by molar-refractivity contribution is 0.0435. The Kier molecular flexibility index (Phi) is 4.43. The van der Waals surface area contributed by atoms with Crippen molar-refractivity contribution in [3.63, 3.8) is 0 Å². The van der Waals surface area contributed by atoms with Gasteiger partial charge >= 0.3 is 11.9 Å². The van der Waals surface area contributed by atoms with Gasteiger partial charge in [-0.1, -0.05) is 0 Å². The van der Waals surface area contributed by atoms with Crippen molar-refractivity contribution >= 4 is 28.3 Å². The summed E-state index contributed by atoms with van der Waals surface area (Å²) in [7, 11) is 4.36. The van der Waals surface area contributed by atoms with E-state index in [4.69, 9.17) is 18.9 Å². The second-order valence-corrected chi connectivity index (χ2v) is 7.35. The van der Waals surface area contributed by atoms with E-state index in [1.165, 1.54) is 37.5 Å². The van der Waals surface area contributed by atoms with Gasteiger partial charge in [-0.25, -0.2) is 9.59 Å². The molecule has 0 unspecified atom stereocenters. The molecule has 1 aliphatic carbocycles. The number of cyclic esters (lactones) is 1. The van der Waals surface area contributed by atoms with Gasteiger partial charge in [-0.2, -0.15) is 0 Å². The summed E-state index contributed by atoms with van der Waals surface area (Å²) in [4.78, 5) is 25.9. The van der Waals surface area contributed by atoms with Crippen molar-refractivity contribution in [2.75, 3.05) is 26.6 Å². The smallest absolute Gasteiger partial charge is 0.344 e. The standard InChI is InChI=1S/C19H19NO6S/c1-23-11-8-7-10-13(15(11)24-2)19(22)26-16(10)20-17-14(18(21)25-3)9-5-4-6-12(9)27-17/h7-8,16,20H,4-6H2,1-3H3/t16-/m1/s1. The minimum absolute atomic E-state index is 0.332. The van der Waals surface area contributed by atoms with Gasteiger partial charge in [-0.3, -0.25) is 0 Å². The predicted molar refractivity (Wildman–Crippen MR) is 99.0 cm³/mol. The van der Waals surface area contributed by atoms with Gasteiger partial charge < -0.3 is 24.3 Å². The molecule has 2 heterocycles. The molecule has 0 fully saturated rings. The van der Waals surface area contributed by atoms with Gasteiger partial charge in [0.25, 0.3) is 0 Å². The van der Waals surface area contributed by atoms with Crippen LogP contribution in [0, 0.1) is 0 Å². The van der Waals surface area contributed by atoms with Crippen LogP contribution in [-0.4, -0.2) is 33.3 Å². The lowest BCUT2D eigenvalue weighted by Gasteiger charge is -2.15. The van der Waals surface area contributed by atoms with E-state index in [1.54, 1.807) is 12.1 Å². The van der Waals surface area contributed by atoms with Gasteiger partial charge in [0.1, 0.15) is 10.6 Å². The van der Waals surface area contributed by atoms with Gasteiger partial charge in [0.05, 0.1) is 26.9 Å². The zero-order valence-electron chi connectivity index (χ0n) is 15.2. The third-order valence-electron chi connectivity index (χ3n) is 4.86. The molecule has 1 aliphatic heterocycles. The van der Waals surface area contributed by atoms with Crippen LogP contribution in [0.15, 0.2) is 12.1 Å². The van der Waals surface area contributed by atoms with Crippen molar-refractivity contribution in [1.82, 2.24) is 0 Å². The number of carbonyl (C=O) groups excluding carboxylic acids is 2. The molecule has 27 heavy (non-hydrogen) atoms. The molecule has 2 aromatic rings. The number of aryl methyl sites for hydroxylation is 1. The highest BCUT2D eigenvalue weighted by Crippen LogP contribution is 2.45. The van der Waals surface area contributed by atoms with Crippen molar-refractivity contribution in [3.8, 4) is 11.5 Å². The molecule has 0 radical (unpaired) electrons. The fourth-order valence-electron chi connectivity index (χ4n) is 3.65. The van der Waals surface area contributed by atoms with Crippen molar-refractivity contribution < 1.29 is 28.5 Å². The van der Waals surface area contributed by atoms with E-state index in [0.29, 0.717) is 33.2 Å². The number of rotatable bonds is 5. The Morgan fingerprint density at radius 1 is 1.22 bits per heavy atom. The number of hydrogen-bond acceptors (Lipinski definition) is 8. The Morgan fingerprint density at radius 3 is 2.74 bits per heavy atom. The number of thiophene rings is 1. The van der Waals surface area contributed by atoms with E-state index >= 15 is 0 Å². The molecule has 2 aliphatic rings. The van der Waals surface area contributed by atoms with Crippen LogP contribution in [0.1, 0.15) is 49.4 Å². The first kappa shape index (κ1) is 17.7. The summed E-state index contributed by atoms with van der Waals surface area (Å²) in [6.07, 6.45) is 2.11. The van der Waals surface area contributed by atoms with Crippen LogP contribution < -0.4 is 14.8 Å². The number of esters is 2. The number of ether oxygens (including phenoxy) is 4. The van der Waals surface area contributed by atoms with Gasteiger partial charge in [-0.05, 0) is 37.0 Å². The first-order chi connectivity index (χ1) is 13.1. The lowest BCUT2D eigenvalue weighted by atomic mass is 10.1. The zero-order valence-corrected chi connectivity index (χ0v) is 16.0. The van der Waals surface area contributed by atoms with E-state index in [9.17, 15) is 9.59 Å². The number of methoxy groups -OCH3 is 3. The Hall–Kier alpha value is -2.74. The maximum Gasteiger partial charge on any atom is 0.344 e. The summed E-state index contributed by atoms with van der Waals surface area (Å²) in [5.41, 5.74) is 2.55. The summed E-state index contributed by atoms with van der Waals surface area (Å²) < 4.78 is 21.1. The molecule has 7 nitrogen and oxygen atoms in total. The SMILES string of the molecule is COC(=O)c1c(N[C@@H]2OC(=O)c3c2ccc(OC)c3OC)sc2c1CCC2. The molecule has 142 valence electrons. The average molecular weight is 389 g/mol. The van der Waals surface area contributed by atoms with E-state index in [1.807, 2.05) is 0 Å². The van der Waals surface area contributed by atoms with E-state index < -0.39 is 12.2 Å². The highest BCUT2D eigenvalue weighted by molar-refractivity contribution is 7.16. The van der Waals surface area contributed by atoms with Crippen LogP contribution >= 0.6 is 11.3 Å². The lowest BCUT2D eigenvalue weighted by Crippen LogP contribution is -2.13. The van der Waals surface area contributed by atoms with E-state index in [0.717, 1.165) is 24.8 Å². The van der Waals surface area contributed by atoms with Crippen LogP contribution in [0.25, 0.3) is 0 Å². The Labute approximate surface area is 160 Å². The van der Waals surface area contributed by atoms with Crippen LogP contribution in [0.2, 0.25) is 0 Å². The summed E-state index contributed by atoms with van der Waals surface area (Å²) in [5.74, 6) is -0.0823. The second-order valence-electron chi connectivity index (χ2n) is 6.25. The minimum atomic E-state index is -0.713. The van der Waals surface area contributed by atoms with Crippen LogP contribution in [0.4, 0.5) is 5.00 Å². The molecule has 0 saturated heterocycles. The van der Waals surface area contributed by atoms with Crippen LogP contribution in [0.5, 0.6) is 11.5 Å². The van der Waals surface area contributed by atoms with Crippen LogP contribution in [-0.2, 0) is 22.3 Å². The second kappa shape index (κ2) is 6.77. The normalized spacial score (nSPS) is 17.1. The molecule has 0 spiro atoms. The van der Waals surface area contributed by atoms with Crippen molar-refractivity contribution in [2.45, 2.75) is 25.5 Å². The molecule has 0 bridgehead atoms. The van der Waals surface area contributed by atoms with E-state index in [-0.39, 0.29) is 5.97 Å². The molecule has 4 rings (SSSR count). The quantitative estimate of drug-likeness (QED) is 0.786. The number of anilines is 1. The summed E-state index contributed by atoms with van der Waals surface area (Å²) in [6, 6.07) is 3.49. The molecule has 1 atom stereocenters. The summed E-state index contributed by atoms with van der Waals surface area (Å²) >= 11 is 1.51. The van der Waals surface area contributed by atoms with Gasteiger partial charge in [-0.15, -0.1) is 11.3 Å². The Morgan fingerprint density at radius 2 is 2.04 bits per heavy atom. The molecular formula is C19H19NO6S. The summed E-state index contributed by atoms with van der Waals surface area (Å²) in [5, 5.41) is 3.87. The maximum absolute atomic E-state index is 12.4. The van der Waals surface area contributed by atoms with Crippen molar-refractivity contribution in [2.24, 2.45) is 0 Å². The number of benzene rings is 1. The summed E-state index contributed by atoms with van der Waals surface area (Å²) in [6.45, 7) is 0. The van der Waals surface area contributed by atoms with Gasteiger partial charge in [0.2, 0.25) is 6.23 Å². The number of fused-ring (bicyclic) bond motifs is 2.